The highest BCUT2D eigenvalue weighted by atomic mass is 32.2. The van der Waals surface area contributed by atoms with Crippen molar-refractivity contribution in [3.05, 3.63) is 36.0 Å². The van der Waals surface area contributed by atoms with Crippen LogP contribution >= 0.6 is 0 Å². The molecule has 1 aromatic rings. The zero-order valence-corrected chi connectivity index (χ0v) is 12.4. The molecule has 0 saturated carbocycles. The van der Waals surface area contributed by atoms with Gasteiger partial charge in [-0.1, -0.05) is 0 Å². The van der Waals surface area contributed by atoms with Crippen LogP contribution in [0.3, 0.4) is 0 Å². The molecule has 8 heteroatoms. The molecular formula is C13H16N4O3S. The molecule has 0 aliphatic heterocycles. The number of benzene rings is 1. The maximum atomic E-state index is 11.7. The summed E-state index contributed by atoms with van der Waals surface area (Å²) in [5.41, 5.74) is 0.437. The fourth-order valence-corrected chi connectivity index (χ4v) is 1.90. The Balaban J connectivity index is 2.83. The van der Waals surface area contributed by atoms with Gasteiger partial charge in [0, 0.05) is 17.9 Å². The number of primary sulfonamides is 1. The number of nitrogens with two attached hydrogens (primary N) is 1. The molecule has 0 aliphatic rings. The lowest BCUT2D eigenvalue weighted by Gasteiger charge is -2.07. The smallest absolute Gasteiger partial charge is 0.263 e. The first-order valence-electron chi connectivity index (χ1n) is 6.04. The van der Waals surface area contributed by atoms with Gasteiger partial charge in [-0.2, -0.15) is 5.26 Å². The molecule has 0 fully saturated rings. The fraction of sp³-hybridized carbons (Fsp3) is 0.231. The highest BCUT2D eigenvalue weighted by molar-refractivity contribution is 7.89. The lowest BCUT2D eigenvalue weighted by Crippen LogP contribution is -2.31. The lowest BCUT2D eigenvalue weighted by molar-refractivity contribution is -0.117. The summed E-state index contributed by atoms with van der Waals surface area (Å²) < 4.78 is 22.2. The Kier molecular flexibility index (Phi) is 5.46. The first-order valence-corrected chi connectivity index (χ1v) is 7.59. The Morgan fingerprint density at radius 1 is 1.33 bits per heavy atom. The van der Waals surface area contributed by atoms with Crippen LogP contribution < -0.4 is 15.8 Å². The van der Waals surface area contributed by atoms with E-state index in [0.717, 1.165) is 0 Å². The zero-order chi connectivity index (χ0) is 16.0. The van der Waals surface area contributed by atoms with Crippen LogP contribution in [0.15, 0.2) is 40.9 Å². The van der Waals surface area contributed by atoms with E-state index in [1.165, 1.54) is 30.5 Å². The van der Waals surface area contributed by atoms with Gasteiger partial charge in [0.05, 0.1) is 4.90 Å². The summed E-state index contributed by atoms with van der Waals surface area (Å²) in [7, 11) is -3.74. The SMILES string of the molecule is CC(C)NC(=O)/C(C#N)=C\Nc1ccc(S(N)(=O)=O)cc1. The van der Waals surface area contributed by atoms with Crippen LogP contribution in [0.4, 0.5) is 5.69 Å². The second-order valence-corrected chi connectivity index (χ2v) is 6.07. The van der Waals surface area contributed by atoms with E-state index in [-0.39, 0.29) is 16.5 Å². The molecule has 112 valence electrons. The van der Waals surface area contributed by atoms with Crippen molar-refractivity contribution in [1.82, 2.24) is 5.32 Å². The van der Waals surface area contributed by atoms with E-state index in [1.54, 1.807) is 19.9 Å². The van der Waals surface area contributed by atoms with E-state index >= 15 is 0 Å². The number of hydrogen-bond donors (Lipinski definition) is 3. The molecule has 1 rings (SSSR count). The van der Waals surface area contributed by atoms with E-state index < -0.39 is 15.9 Å². The predicted molar refractivity (Wildman–Crippen MR) is 78.4 cm³/mol. The summed E-state index contributed by atoms with van der Waals surface area (Å²) >= 11 is 0. The van der Waals surface area contributed by atoms with E-state index in [0.29, 0.717) is 5.69 Å². The molecule has 7 nitrogen and oxygen atoms in total. The highest BCUT2D eigenvalue weighted by Gasteiger charge is 2.10. The van der Waals surface area contributed by atoms with Crippen LogP contribution in [0.5, 0.6) is 0 Å². The number of nitriles is 1. The minimum atomic E-state index is -3.74. The van der Waals surface area contributed by atoms with E-state index in [4.69, 9.17) is 10.4 Å². The van der Waals surface area contributed by atoms with Crippen molar-refractivity contribution < 1.29 is 13.2 Å². The monoisotopic (exact) mass is 308 g/mol. The number of sulfonamides is 1. The Labute approximate surface area is 123 Å². The Hall–Kier alpha value is -2.37. The third-order valence-electron chi connectivity index (χ3n) is 2.35. The van der Waals surface area contributed by atoms with Crippen LogP contribution in [0.25, 0.3) is 0 Å². The van der Waals surface area contributed by atoms with Gasteiger partial charge < -0.3 is 10.6 Å². The lowest BCUT2D eigenvalue weighted by atomic mass is 10.2. The second kappa shape index (κ2) is 6.88. The van der Waals surface area contributed by atoms with Gasteiger partial charge in [-0.3, -0.25) is 4.79 Å². The molecule has 0 radical (unpaired) electrons. The van der Waals surface area contributed by atoms with Crippen molar-refractivity contribution >= 4 is 21.6 Å². The number of anilines is 1. The van der Waals surface area contributed by atoms with E-state index in [1.807, 2.05) is 0 Å². The molecule has 1 amide bonds. The van der Waals surface area contributed by atoms with Gasteiger partial charge >= 0.3 is 0 Å². The molecule has 4 N–H and O–H groups in total. The minimum Gasteiger partial charge on any atom is -0.360 e. The first-order chi connectivity index (χ1) is 9.74. The van der Waals surface area contributed by atoms with Crippen molar-refractivity contribution in [1.29, 1.82) is 5.26 Å². The molecule has 21 heavy (non-hydrogen) atoms. The summed E-state index contributed by atoms with van der Waals surface area (Å²) in [4.78, 5) is 11.6. The van der Waals surface area contributed by atoms with Gasteiger partial charge in [-0.25, -0.2) is 13.6 Å². The third kappa shape index (κ3) is 5.25. The summed E-state index contributed by atoms with van der Waals surface area (Å²) in [6.07, 6.45) is 1.25. The molecule has 0 atom stereocenters. The number of amides is 1. The van der Waals surface area contributed by atoms with Gasteiger partial charge in [0.1, 0.15) is 11.6 Å². The molecule has 0 bridgehead atoms. The van der Waals surface area contributed by atoms with Crippen LogP contribution in [0.2, 0.25) is 0 Å². The second-order valence-electron chi connectivity index (χ2n) is 4.51. The zero-order valence-electron chi connectivity index (χ0n) is 11.6. The Bertz CT molecular complexity index is 685. The number of rotatable bonds is 5. The predicted octanol–water partition coefficient (Wildman–Crippen LogP) is 0.678. The van der Waals surface area contributed by atoms with Gasteiger partial charge in [0.2, 0.25) is 10.0 Å². The molecule has 0 unspecified atom stereocenters. The standard InChI is InChI=1S/C13H16N4O3S/c1-9(2)17-13(18)10(7-14)8-16-11-3-5-12(6-4-11)21(15,19)20/h3-6,8-9,16H,1-2H3,(H,17,18)(H2,15,19,20)/b10-8-. The molecule has 0 spiro atoms. The van der Waals surface area contributed by atoms with Crippen LogP contribution in [0, 0.1) is 11.3 Å². The van der Waals surface area contributed by atoms with Crippen molar-refractivity contribution in [3.63, 3.8) is 0 Å². The fourth-order valence-electron chi connectivity index (χ4n) is 1.38. The van der Waals surface area contributed by atoms with E-state index in [9.17, 15) is 13.2 Å². The number of carbonyl (C=O) groups is 1. The van der Waals surface area contributed by atoms with Crippen LogP contribution in [-0.4, -0.2) is 20.4 Å². The maximum Gasteiger partial charge on any atom is 0.263 e. The number of hydrogen-bond acceptors (Lipinski definition) is 5. The van der Waals surface area contributed by atoms with Gasteiger partial charge in [0.25, 0.3) is 5.91 Å². The number of nitrogens with one attached hydrogen (secondary N) is 2. The molecular weight excluding hydrogens is 292 g/mol. The molecule has 0 aromatic heterocycles. The average Bonchev–Trinajstić information content (AvgIpc) is 2.38. The topological polar surface area (TPSA) is 125 Å². The van der Waals surface area contributed by atoms with Gasteiger partial charge in [-0.05, 0) is 38.1 Å². The average molecular weight is 308 g/mol. The van der Waals surface area contributed by atoms with E-state index in [2.05, 4.69) is 10.6 Å². The maximum absolute atomic E-state index is 11.7. The summed E-state index contributed by atoms with van der Waals surface area (Å²) in [5, 5.41) is 19.2. The van der Waals surface area contributed by atoms with Gasteiger partial charge in [0.15, 0.2) is 0 Å². The van der Waals surface area contributed by atoms with Crippen molar-refractivity contribution in [2.24, 2.45) is 5.14 Å². The Morgan fingerprint density at radius 3 is 2.33 bits per heavy atom. The van der Waals surface area contributed by atoms with Crippen LogP contribution in [-0.2, 0) is 14.8 Å². The summed E-state index contributed by atoms with van der Waals surface area (Å²) in [6, 6.07) is 7.31. The Morgan fingerprint density at radius 2 is 1.90 bits per heavy atom. The van der Waals surface area contributed by atoms with Crippen molar-refractivity contribution in [2.45, 2.75) is 24.8 Å². The number of nitrogens with zero attached hydrogens (tertiary/aromatic N) is 1. The van der Waals surface area contributed by atoms with Crippen LogP contribution in [0.1, 0.15) is 13.8 Å². The first kappa shape index (κ1) is 16.7. The third-order valence-corrected chi connectivity index (χ3v) is 3.28. The molecule has 0 saturated heterocycles. The normalized spacial score (nSPS) is 11.9. The molecule has 0 aliphatic carbocycles. The van der Waals surface area contributed by atoms with Crippen molar-refractivity contribution in [3.8, 4) is 6.07 Å². The quantitative estimate of drug-likeness (QED) is 0.545. The van der Waals surface area contributed by atoms with Crippen molar-refractivity contribution in [2.75, 3.05) is 5.32 Å². The molecule has 0 heterocycles. The minimum absolute atomic E-state index is 0.0184. The van der Waals surface area contributed by atoms with Gasteiger partial charge in [-0.15, -0.1) is 0 Å². The number of carbonyl (C=O) groups excluding carboxylic acids is 1. The summed E-state index contributed by atoms with van der Waals surface area (Å²) in [5.74, 6) is -0.485. The largest absolute Gasteiger partial charge is 0.360 e. The summed E-state index contributed by atoms with van der Waals surface area (Å²) in [6.45, 7) is 3.57. The molecule has 1 aromatic carbocycles. The highest BCUT2D eigenvalue weighted by Crippen LogP contribution is 2.13.